The molecule has 1 N–H and O–H groups in total. The van der Waals surface area contributed by atoms with E-state index in [1.807, 2.05) is 25.1 Å². The molecule has 2 aromatic carbocycles. The van der Waals surface area contributed by atoms with Crippen molar-refractivity contribution in [2.45, 2.75) is 51.4 Å². The predicted octanol–water partition coefficient (Wildman–Crippen LogP) is 5.89. The van der Waals surface area contributed by atoms with Gasteiger partial charge >= 0.3 is 0 Å². The molecule has 0 aromatic heterocycles. The normalized spacial score (nSPS) is 16.1. The smallest absolute Gasteiger partial charge is 0.235 e. The summed E-state index contributed by atoms with van der Waals surface area (Å²) in [6.45, 7) is 4.55. The second-order valence-corrected chi connectivity index (χ2v) is 7.45. The van der Waals surface area contributed by atoms with Crippen LogP contribution in [-0.2, 0) is 10.2 Å². The lowest BCUT2D eigenvalue weighted by atomic mass is 9.68. The lowest BCUT2D eigenvalue weighted by Crippen LogP contribution is -2.42. The third-order valence-corrected chi connectivity index (χ3v) is 5.50. The summed E-state index contributed by atoms with van der Waals surface area (Å²) < 4.78 is 5.47. The fraction of sp³-hybridized carbons (Fsp3) is 0.409. The lowest BCUT2D eigenvalue weighted by Gasteiger charge is -2.36. The third-order valence-electron chi connectivity index (χ3n) is 5.20. The molecule has 0 atom stereocenters. The van der Waals surface area contributed by atoms with Crippen LogP contribution in [-0.4, -0.2) is 12.5 Å². The number of ether oxygens (including phenoxy) is 1. The molecule has 0 radical (unpaired) electrons. The van der Waals surface area contributed by atoms with E-state index in [0.717, 1.165) is 31.2 Å². The number of hydrogen-bond donors (Lipinski definition) is 1. The summed E-state index contributed by atoms with van der Waals surface area (Å²) in [4.78, 5) is 13.3. The minimum atomic E-state index is -0.463. The summed E-state index contributed by atoms with van der Waals surface area (Å²) in [5, 5.41) is 3.61. The summed E-state index contributed by atoms with van der Waals surface area (Å²) >= 11 is 6.27. The summed E-state index contributed by atoms with van der Waals surface area (Å²) in [5.41, 5.74) is 2.55. The topological polar surface area (TPSA) is 38.3 Å². The maximum atomic E-state index is 13.3. The van der Waals surface area contributed by atoms with Crippen molar-refractivity contribution < 1.29 is 9.53 Å². The molecule has 138 valence electrons. The first kappa shape index (κ1) is 18.8. The van der Waals surface area contributed by atoms with Crippen LogP contribution in [0, 0.1) is 6.92 Å². The number of rotatable bonds is 5. The Bertz CT molecular complexity index is 781. The maximum Gasteiger partial charge on any atom is 0.235 e. The molecule has 0 aliphatic heterocycles. The predicted molar refractivity (Wildman–Crippen MR) is 107 cm³/mol. The molecule has 0 bridgehead atoms. The molecule has 1 saturated carbocycles. The van der Waals surface area contributed by atoms with Gasteiger partial charge in [0.25, 0.3) is 0 Å². The number of benzene rings is 2. The van der Waals surface area contributed by atoms with Crippen molar-refractivity contribution in [3.63, 3.8) is 0 Å². The largest absolute Gasteiger partial charge is 0.492 e. The number of anilines is 1. The van der Waals surface area contributed by atoms with Crippen LogP contribution in [0.3, 0.4) is 0 Å². The second kappa shape index (κ2) is 8.13. The van der Waals surface area contributed by atoms with Gasteiger partial charge in [-0.3, -0.25) is 4.79 Å². The zero-order valence-corrected chi connectivity index (χ0v) is 16.2. The Kier molecular flexibility index (Phi) is 5.87. The van der Waals surface area contributed by atoms with Crippen molar-refractivity contribution in [3.05, 3.63) is 58.6 Å². The summed E-state index contributed by atoms with van der Waals surface area (Å²) in [7, 11) is 0. The van der Waals surface area contributed by atoms with Gasteiger partial charge in [-0.2, -0.15) is 0 Å². The van der Waals surface area contributed by atoms with E-state index in [4.69, 9.17) is 16.3 Å². The number of halogens is 1. The Hall–Kier alpha value is -2.00. The van der Waals surface area contributed by atoms with E-state index < -0.39 is 5.41 Å². The molecule has 1 fully saturated rings. The Labute approximate surface area is 160 Å². The van der Waals surface area contributed by atoms with Gasteiger partial charge in [0.15, 0.2) is 0 Å². The Morgan fingerprint density at radius 2 is 1.92 bits per heavy atom. The second-order valence-electron chi connectivity index (χ2n) is 7.04. The fourth-order valence-corrected chi connectivity index (χ4v) is 4.08. The van der Waals surface area contributed by atoms with Gasteiger partial charge in [-0.15, -0.1) is 0 Å². The number of amides is 1. The molecule has 1 aliphatic rings. The highest BCUT2D eigenvalue weighted by atomic mass is 35.5. The molecule has 3 rings (SSSR count). The molecule has 0 saturated heterocycles. The van der Waals surface area contributed by atoms with Crippen molar-refractivity contribution in [2.24, 2.45) is 0 Å². The monoisotopic (exact) mass is 371 g/mol. The summed E-state index contributed by atoms with van der Waals surface area (Å²) in [5.74, 6) is 0.696. The van der Waals surface area contributed by atoms with Crippen LogP contribution in [0.2, 0.25) is 5.02 Å². The molecule has 26 heavy (non-hydrogen) atoms. The Morgan fingerprint density at radius 1 is 1.15 bits per heavy atom. The molecule has 4 heteroatoms. The molecular weight excluding hydrogens is 346 g/mol. The highest BCUT2D eigenvalue weighted by Gasteiger charge is 2.41. The highest BCUT2D eigenvalue weighted by molar-refractivity contribution is 6.32. The van der Waals surface area contributed by atoms with E-state index in [1.165, 1.54) is 12.0 Å². The van der Waals surface area contributed by atoms with Gasteiger partial charge in [0, 0.05) is 5.69 Å². The molecule has 1 amide bonds. The van der Waals surface area contributed by atoms with Crippen LogP contribution < -0.4 is 10.1 Å². The maximum absolute atomic E-state index is 13.3. The minimum absolute atomic E-state index is 0.0584. The van der Waals surface area contributed by atoms with Crippen molar-refractivity contribution in [1.82, 2.24) is 0 Å². The number of carbonyl (C=O) groups is 1. The van der Waals surface area contributed by atoms with Gasteiger partial charge < -0.3 is 10.1 Å². The zero-order valence-electron chi connectivity index (χ0n) is 15.5. The van der Waals surface area contributed by atoms with Crippen LogP contribution in [0.4, 0.5) is 5.69 Å². The highest BCUT2D eigenvalue weighted by Crippen LogP contribution is 2.41. The van der Waals surface area contributed by atoms with Gasteiger partial charge in [-0.05, 0) is 50.5 Å². The first-order valence-electron chi connectivity index (χ1n) is 9.36. The molecular formula is C22H26ClNO2. The average Bonchev–Trinajstić information content (AvgIpc) is 2.64. The SMILES string of the molecule is CCOc1ccc(NC(=O)C2(c3cccc(C)c3)CCCCC2)cc1Cl. The van der Waals surface area contributed by atoms with Crippen molar-refractivity contribution >= 4 is 23.2 Å². The number of hydrogen-bond acceptors (Lipinski definition) is 2. The fourth-order valence-electron chi connectivity index (χ4n) is 3.85. The van der Waals surface area contributed by atoms with Gasteiger partial charge in [0.05, 0.1) is 17.0 Å². The quantitative estimate of drug-likeness (QED) is 0.711. The van der Waals surface area contributed by atoms with Gasteiger partial charge in [0.2, 0.25) is 5.91 Å². The molecule has 3 nitrogen and oxygen atoms in total. The average molecular weight is 372 g/mol. The first-order valence-corrected chi connectivity index (χ1v) is 9.74. The van der Waals surface area contributed by atoms with E-state index in [0.29, 0.717) is 23.1 Å². The Morgan fingerprint density at radius 3 is 2.58 bits per heavy atom. The molecule has 2 aromatic rings. The van der Waals surface area contributed by atoms with Crippen LogP contribution in [0.1, 0.15) is 50.2 Å². The summed E-state index contributed by atoms with van der Waals surface area (Å²) in [6, 6.07) is 13.8. The molecule has 1 aliphatic carbocycles. The summed E-state index contributed by atoms with van der Waals surface area (Å²) in [6.07, 6.45) is 5.10. The standard InChI is InChI=1S/C22H26ClNO2/c1-3-26-20-11-10-18(15-19(20)23)24-21(25)22(12-5-4-6-13-22)17-9-7-8-16(2)14-17/h7-11,14-15H,3-6,12-13H2,1-2H3,(H,24,25). The number of nitrogens with one attached hydrogen (secondary N) is 1. The molecule has 0 spiro atoms. The van der Waals surface area contributed by atoms with Crippen molar-refractivity contribution in [3.8, 4) is 5.75 Å². The van der Waals surface area contributed by atoms with E-state index in [2.05, 4.69) is 30.4 Å². The van der Waals surface area contributed by atoms with E-state index in [-0.39, 0.29) is 5.91 Å². The van der Waals surface area contributed by atoms with Gasteiger partial charge in [0.1, 0.15) is 5.75 Å². The van der Waals surface area contributed by atoms with Crippen LogP contribution in [0.15, 0.2) is 42.5 Å². The van der Waals surface area contributed by atoms with Crippen molar-refractivity contribution in [2.75, 3.05) is 11.9 Å². The zero-order chi connectivity index (χ0) is 18.6. The molecule has 0 heterocycles. The minimum Gasteiger partial charge on any atom is -0.492 e. The third kappa shape index (κ3) is 3.88. The lowest BCUT2D eigenvalue weighted by molar-refractivity contribution is -0.122. The number of carbonyl (C=O) groups excluding carboxylic acids is 1. The van der Waals surface area contributed by atoms with Crippen LogP contribution in [0.5, 0.6) is 5.75 Å². The van der Waals surface area contributed by atoms with Crippen molar-refractivity contribution in [1.29, 1.82) is 0 Å². The van der Waals surface area contributed by atoms with Gasteiger partial charge in [-0.1, -0.05) is 60.7 Å². The Balaban J connectivity index is 1.88. The van der Waals surface area contributed by atoms with Crippen LogP contribution in [0.25, 0.3) is 0 Å². The molecule has 0 unspecified atom stereocenters. The van der Waals surface area contributed by atoms with E-state index in [9.17, 15) is 4.79 Å². The van der Waals surface area contributed by atoms with E-state index in [1.54, 1.807) is 6.07 Å². The van der Waals surface area contributed by atoms with Crippen LogP contribution >= 0.6 is 11.6 Å². The number of aryl methyl sites for hydroxylation is 1. The van der Waals surface area contributed by atoms with E-state index >= 15 is 0 Å². The first-order chi connectivity index (χ1) is 12.5. The van der Waals surface area contributed by atoms with Gasteiger partial charge in [-0.25, -0.2) is 0 Å².